The molecule has 1 N–H and O–H groups in total. The number of imidazole rings is 1. The predicted molar refractivity (Wildman–Crippen MR) is 87.4 cm³/mol. The Balaban J connectivity index is 2.02. The van der Waals surface area contributed by atoms with Crippen LogP contribution in [-0.2, 0) is 6.54 Å². The summed E-state index contributed by atoms with van der Waals surface area (Å²) in [6.45, 7) is 2.25. The zero-order chi connectivity index (χ0) is 15.5. The van der Waals surface area contributed by atoms with Crippen molar-refractivity contribution in [3.63, 3.8) is 0 Å². The monoisotopic (exact) mass is 332 g/mol. The van der Waals surface area contributed by atoms with Gasteiger partial charge in [-0.3, -0.25) is 9.69 Å². The number of H-pyrrole nitrogens is 1. The zero-order valence-electron chi connectivity index (χ0n) is 11.8. The molecule has 0 aliphatic carbocycles. The van der Waals surface area contributed by atoms with Crippen LogP contribution in [0.4, 0.5) is 5.69 Å². The van der Waals surface area contributed by atoms with E-state index in [4.69, 9.17) is 11.6 Å². The van der Waals surface area contributed by atoms with Crippen LogP contribution in [-0.4, -0.2) is 20.9 Å². The number of benzene rings is 1. The molecule has 0 saturated carbocycles. The molecule has 1 amide bonds. The van der Waals surface area contributed by atoms with E-state index in [-0.39, 0.29) is 5.91 Å². The largest absolute Gasteiger partial charge is 0.347 e. The van der Waals surface area contributed by atoms with Gasteiger partial charge in [-0.2, -0.15) is 0 Å². The third kappa shape index (κ3) is 3.03. The normalized spacial score (nSPS) is 10.6. The fourth-order valence-corrected chi connectivity index (χ4v) is 2.83. The number of carbonyl (C=O) groups excluding carboxylic acids is 1. The summed E-state index contributed by atoms with van der Waals surface area (Å²) < 4.78 is 0. The van der Waals surface area contributed by atoms with Gasteiger partial charge in [0.1, 0.15) is 11.5 Å². The van der Waals surface area contributed by atoms with Gasteiger partial charge in [-0.25, -0.2) is 9.97 Å². The highest BCUT2D eigenvalue weighted by Gasteiger charge is 2.22. The molecule has 0 unspecified atom stereocenters. The van der Waals surface area contributed by atoms with Crippen LogP contribution in [0.25, 0.3) is 0 Å². The number of hydrogen-bond acceptors (Lipinski definition) is 4. The van der Waals surface area contributed by atoms with Crippen LogP contribution >= 0.6 is 22.9 Å². The molecular weight excluding hydrogens is 320 g/mol. The Kier molecular flexibility index (Phi) is 4.22. The molecule has 1 aromatic carbocycles. The van der Waals surface area contributed by atoms with Gasteiger partial charge in [-0.1, -0.05) is 17.7 Å². The average Bonchev–Trinajstić information content (AvgIpc) is 3.20. The maximum atomic E-state index is 12.8. The van der Waals surface area contributed by atoms with Crippen LogP contribution in [0.3, 0.4) is 0 Å². The van der Waals surface area contributed by atoms with E-state index in [2.05, 4.69) is 15.0 Å². The summed E-state index contributed by atoms with van der Waals surface area (Å²) in [5, 5.41) is 2.24. The Morgan fingerprint density at radius 3 is 2.95 bits per heavy atom. The van der Waals surface area contributed by atoms with Crippen molar-refractivity contribution in [1.29, 1.82) is 0 Å². The summed E-state index contributed by atoms with van der Waals surface area (Å²) in [5.41, 5.74) is 3.70. The highest BCUT2D eigenvalue weighted by atomic mass is 35.5. The van der Waals surface area contributed by atoms with Crippen molar-refractivity contribution in [1.82, 2.24) is 15.0 Å². The first kappa shape index (κ1) is 14.7. The van der Waals surface area contributed by atoms with E-state index in [1.807, 2.05) is 19.1 Å². The van der Waals surface area contributed by atoms with Gasteiger partial charge < -0.3 is 4.98 Å². The van der Waals surface area contributed by atoms with E-state index in [0.717, 1.165) is 5.56 Å². The van der Waals surface area contributed by atoms with Crippen LogP contribution < -0.4 is 4.90 Å². The molecule has 0 atom stereocenters. The lowest BCUT2D eigenvalue weighted by Gasteiger charge is -2.22. The van der Waals surface area contributed by atoms with Gasteiger partial charge in [0.15, 0.2) is 0 Å². The van der Waals surface area contributed by atoms with Crippen LogP contribution in [0.5, 0.6) is 0 Å². The number of aromatic amines is 1. The molecule has 112 valence electrons. The Hall–Kier alpha value is -2.18. The fourth-order valence-electron chi connectivity index (χ4n) is 2.09. The van der Waals surface area contributed by atoms with Crippen LogP contribution in [0.15, 0.2) is 41.5 Å². The molecule has 0 radical (unpaired) electrons. The smallest absolute Gasteiger partial charge is 0.278 e. The quantitative estimate of drug-likeness (QED) is 0.792. The van der Waals surface area contributed by atoms with E-state index in [9.17, 15) is 4.79 Å². The molecule has 22 heavy (non-hydrogen) atoms. The summed E-state index contributed by atoms with van der Waals surface area (Å²) in [6.07, 6.45) is 3.37. The number of carbonyl (C=O) groups is 1. The number of nitrogens with one attached hydrogen (secondary N) is 1. The van der Waals surface area contributed by atoms with Crippen molar-refractivity contribution in [2.45, 2.75) is 13.5 Å². The summed E-state index contributed by atoms with van der Waals surface area (Å²) in [5.74, 6) is 0.478. The number of rotatable bonds is 4. The highest BCUT2D eigenvalue weighted by Crippen LogP contribution is 2.29. The number of hydrogen-bond donors (Lipinski definition) is 1. The van der Waals surface area contributed by atoms with Gasteiger partial charge >= 0.3 is 0 Å². The number of thiazole rings is 1. The van der Waals surface area contributed by atoms with Crippen LogP contribution in [0, 0.1) is 6.92 Å². The van der Waals surface area contributed by atoms with E-state index < -0.39 is 0 Å². The number of aromatic nitrogens is 3. The SMILES string of the molecule is Cc1ccc(Cl)c(N(Cc2ncc[nH]2)C(=O)c2cscn2)c1. The van der Waals surface area contributed by atoms with E-state index in [0.29, 0.717) is 28.8 Å². The third-order valence-electron chi connectivity index (χ3n) is 3.15. The number of aryl methyl sites for hydroxylation is 1. The minimum atomic E-state index is -0.204. The van der Waals surface area contributed by atoms with E-state index in [1.54, 1.807) is 34.3 Å². The number of nitrogens with zero attached hydrogens (tertiary/aromatic N) is 3. The lowest BCUT2D eigenvalue weighted by molar-refractivity contribution is 0.0980. The fraction of sp³-hybridized carbons (Fsp3) is 0.133. The lowest BCUT2D eigenvalue weighted by Crippen LogP contribution is -2.31. The first-order valence-corrected chi connectivity index (χ1v) is 7.91. The summed E-state index contributed by atoms with van der Waals surface area (Å²) in [4.78, 5) is 25.6. The van der Waals surface area contributed by atoms with Crippen molar-refractivity contribution >= 4 is 34.5 Å². The van der Waals surface area contributed by atoms with Gasteiger partial charge in [0, 0.05) is 17.8 Å². The molecule has 0 bridgehead atoms. The van der Waals surface area contributed by atoms with E-state index >= 15 is 0 Å². The first-order valence-electron chi connectivity index (χ1n) is 6.59. The molecule has 0 fully saturated rings. The standard InChI is InChI=1S/C15H13ClN4OS/c1-10-2-3-11(16)13(6-10)20(7-14-17-4-5-18-14)15(21)12-8-22-9-19-12/h2-6,8-9H,7H2,1H3,(H,17,18). The maximum absolute atomic E-state index is 12.8. The maximum Gasteiger partial charge on any atom is 0.278 e. The minimum absolute atomic E-state index is 0.204. The lowest BCUT2D eigenvalue weighted by atomic mass is 10.2. The summed E-state index contributed by atoms with van der Waals surface area (Å²) in [6, 6.07) is 5.58. The third-order valence-corrected chi connectivity index (χ3v) is 4.06. The van der Waals surface area contributed by atoms with Crippen molar-refractivity contribution in [2.75, 3.05) is 4.90 Å². The molecule has 3 aromatic rings. The van der Waals surface area contributed by atoms with Crippen molar-refractivity contribution in [2.24, 2.45) is 0 Å². The molecule has 0 spiro atoms. The Labute approximate surface area is 136 Å². The second-order valence-electron chi connectivity index (χ2n) is 4.76. The first-order chi connectivity index (χ1) is 10.6. The molecule has 0 aliphatic rings. The Morgan fingerprint density at radius 2 is 2.27 bits per heavy atom. The Bertz CT molecular complexity index is 771. The van der Waals surface area contributed by atoms with Gasteiger partial charge in [-0.15, -0.1) is 11.3 Å². The van der Waals surface area contributed by atoms with Crippen LogP contribution in [0.2, 0.25) is 5.02 Å². The van der Waals surface area contributed by atoms with Crippen molar-refractivity contribution < 1.29 is 4.79 Å². The molecule has 3 rings (SSSR count). The predicted octanol–water partition coefficient (Wildman–Crippen LogP) is 3.68. The Morgan fingerprint density at radius 1 is 1.41 bits per heavy atom. The molecular formula is C15H13ClN4OS. The summed E-state index contributed by atoms with van der Waals surface area (Å²) >= 11 is 7.68. The molecule has 2 aromatic heterocycles. The molecule has 0 aliphatic heterocycles. The molecule has 5 nitrogen and oxygen atoms in total. The average molecular weight is 333 g/mol. The topological polar surface area (TPSA) is 61.9 Å². The van der Waals surface area contributed by atoms with Gasteiger partial charge in [0.2, 0.25) is 0 Å². The molecule has 7 heteroatoms. The second kappa shape index (κ2) is 6.29. The zero-order valence-corrected chi connectivity index (χ0v) is 13.4. The van der Waals surface area contributed by atoms with Crippen molar-refractivity contribution in [3.05, 3.63) is 63.6 Å². The molecule has 2 heterocycles. The van der Waals surface area contributed by atoms with Gasteiger partial charge in [-0.05, 0) is 24.6 Å². The minimum Gasteiger partial charge on any atom is -0.347 e. The highest BCUT2D eigenvalue weighted by molar-refractivity contribution is 7.07. The van der Waals surface area contributed by atoms with Gasteiger partial charge in [0.25, 0.3) is 5.91 Å². The number of halogens is 1. The van der Waals surface area contributed by atoms with Crippen LogP contribution in [0.1, 0.15) is 21.9 Å². The number of anilines is 1. The van der Waals surface area contributed by atoms with Crippen molar-refractivity contribution in [3.8, 4) is 0 Å². The second-order valence-corrected chi connectivity index (χ2v) is 5.88. The summed E-state index contributed by atoms with van der Waals surface area (Å²) in [7, 11) is 0. The number of amides is 1. The molecule has 0 saturated heterocycles. The van der Waals surface area contributed by atoms with E-state index in [1.165, 1.54) is 11.3 Å². The van der Waals surface area contributed by atoms with Gasteiger partial charge in [0.05, 0.1) is 22.8 Å².